The number of para-hydroxylation sites is 1. The average Bonchev–Trinajstić information content (AvgIpc) is 2.71. The summed E-state index contributed by atoms with van der Waals surface area (Å²) in [6.07, 6.45) is 3.22. The van der Waals surface area contributed by atoms with E-state index in [1.54, 1.807) is 0 Å². The molecule has 0 spiro atoms. The van der Waals surface area contributed by atoms with Gasteiger partial charge in [-0.15, -0.1) is 0 Å². The summed E-state index contributed by atoms with van der Waals surface area (Å²) in [4.78, 5) is 13.0. The fourth-order valence-electron chi connectivity index (χ4n) is 3.87. The van der Waals surface area contributed by atoms with Crippen molar-refractivity contribution in [1.29, 1.82) is 0 Å². The normalized spacial score (nSPS) is 17.4. The Bertz CT molecular complexity index is 1070. The highest BCUT2D eigenvalue weighted by atomic mass is 35.5. The molecule has 0 aromatic heterocycles. The Labute approximate surface area is 193 Å². The van der Waals surface area contributed by atoms with Gasteiger partial charge in [-0.2, -0.15) is 0 Å². The molecule has 6 nitrogen and oxygen atoms in total. The summed E-state index contributed by atoms with van der Waals surface area (Å²) in [6.45, 7) is 3.72. The molecular formula is C22H26Cl2N2O4S. The zero-order valence-electron chi connectivity index (χ0n) is 17.7. The largest absolute Gasteiger partial charge is 0.487 e. The van der Waals surface area contributed by atoms with Gasteiger partial charge in [0.2, 0.25) is 15.9 Å². The molecule has 9 heteroatoms. The molecule has 1 aliphatic heterocycles. The molecule has 1 amide bonds. The number of nitrogens with one attached hydrogen (secondary N) is 1. The topological polar surface area (TPSA) is 75.7 Å². The van der Waals surface area contributed by atoms with Gasteiger partial charge in [0.05, 0.1) is 23.0 Å². The number of halogens is 2. The van der Waals surface area contributed by atoms with Gasteiger partial charge in [0, 0.05) is 17.0 Å². The van der Waals surface area contributed by atoms with Crippen LogP contribution in [0.15, 0.2) is 42.5 Å². The minimum Gasteiger partial charge on any atom is -0.487 e. The van der Waals surface area contributed by atoms with Crippen LogP contribution in [0.5, 0.6) is 5.75 Å². The second-order valence-electron chi connectivity index (χ2n) is 7.72. The standard InChI is InChI=1S/C22H26Cl2N2O4S/c1-4-22(5-2)13-18(16-8-6-7-9-20(16)30-22)25-21(27)14-26(31(3,28)29)19-11-10-15(23)12-17(19)24/h6-12,18H,4-5,13-14H2,1-3H3,(H,25,27)/t18-/m1/s1. The van der Waals surface area contributed by atoms with Gasteiger partial charge in [-0.1, -0.05) is 55.2 Å². The van der Waals surface area contributed by atoms with Gasteiger partial charge in [-0.3, -0.25) is 9.10 Å². The minimum atomic E-state index is -3.76. The number of hydrogen-bond acceptors (Lipinski definition) is 4. The van der Waals surface area contributed by atoms with Gasteiger partial charge in [0.1, 0.15) is 17.9 Å². The number of sulfonamides is 1. The molecule has 3 rings (SSSR count). The number of carbonyl (C=O) groups is 1. The smallest absolute Gasteiger partial charge is 0.241 e. The second kappa shape index (κ2) is 9.27. The molecule has 1 N–H and O–H groups in total. The van der Waals surface area contributed by atoms with Crippen LogP contribution in [-0.4, -0.2) is 32.7 Å². The Balaban J connectivity index is 1.87. The third-order valence-corrected chi connectivity index (χ3v) is 7.35. The van der Waals surface area contributed by atoms with Crippen molar-refractivity contribution in [2.45, 2.75) is 44.8 Å². The first-order valence-electron chi connectivity index (χ1n) is 10.1. The molecular weight excluding hydrogens is 459 g/mol. The van der Waals surface area contributed by atoms with Crippen LogP contribution in [0.3, 0.4) is 0 Å². The van der Waals surface area contributed by atoms with Crippen LogP contribution in [-0.2, 0) is 14.8 Å². The summed E-state index contributed by atoms with van der Waals surface area (Å²) in [5.41, 5.74) is 0.693. The van der Waals surface area contributed by atoms with Crippen LogP contribution in [0.25, 0.3) is 0 Å². The van der Waals surface area contributed by atoms with Crippen LogP contribution in [0, 0.1) is 0 Å². The van der Waals surface area contributed by atoms with Crippen LogP contribution in [0.4, 0.5) is 5.69 Å². The number of rotatable bonds is 7. The highest BCUT2D eigenvalue weighted by Crippen LogP contribution is 2.42. The summed E-state index contributed by atoms with van der Waals surface area (Å²) in [5, 5.41) is 3.53. The molecule has 1 heterocycles. The van der Waals surface area contributed by atoms with Crippen molar-refractivity contribution in [3.05, 3.63) is 58.1 Å². The van der Waals surface area contributed by atoms with Gasteiger partial charge in [0.25, 0.3) is 0 Å². The molecule has 31 heavy (non-hydrogen) atoms. The van der Waals surface area contributed by atoms with E-state index in [-0.39, 0.29) is 22.4 Å². The van der Waals surface area contributed by atoms with Gasteiger partial charge in [-0.25, -0.2) is 8.42 Å². The van der Waals surface area contributed by atoms with Crippen molar-refractivity contribution in [3.8, 4) is 5.75 Å². The number of anilines is 1. The van der Waals surface area contributed by atoms with Crippen molar-refractivity contribution >= 4 is 44.8 Å². The first kappa shape index (κ1) is 23.7. The number of fused-ring (bicyclic) bond motifs is 1. The summed E-state index contributed by atoms with van der Waals surface area (Å²) in [7, 11) is -3.76. The Morgan fingerprint density at radius 2 is 1.87 bits per heavy atom. The lowest BCUT2D eigenvalue weighted by molar-refractivity contribution is -0.121. The number of nitrogens with zero attached hydrogens (tertiary/aromatic N) is 1. The fourth-order valence-corrected chi connectivity index (χ4v) is 5.29. The molecule has 1 atom stereocenters. The minimum absolute atomic E-state index is 0.151. The molecule has 0 saturated heterocycles. The zero-order chi connectivity index (χ0) is 22.8. The van der Waals surface area contributed by atoms with Crippen molar-refractivity contribution in [2.24, 2.45) is 0 Å². The summed E-state index contributed by atoms with van der Waals surface area (Å²) in [5.74, 6) is 0.308. The highest BCUT2D eigenvalue weighted by Gasteiger charge is 2.39. The number of hydrogen-bond donors (Lipinski definition) is 1. The summed E-state index contributed by atoms with van der Waals surface area (Å²) in [6, 6.07) is 11.8. The Hall–Kier alpha value is -1.96. The molecule has 2 aromatic carbocycles. The van der Waals surface area contributed by atoms with E-state index in [1.165, 1.54) is 18.2 Å². The zero-order valence-corrected chi connectivity index (χ0v) is 20.0. The molecule has 1 aliphatic rings. The van der Waals surface area contributed by atoms with E-state index in [4.69, 9.17) is 27.9 Å². The average molecular weight is 485 g/mol. The van der Waals surface area contributed by atoms with Gasteiger partial charge < -0.3 is 10.1 Å². The van der Waals surface area contributed by atoms with Crippen molar-refractivity contribution in [3.63, 3.8) is 0 Å². The Morgan fingerprint density at radius 1 is 1.19 bits per heavy atom. The first-order chi connectivity index (χ1) is 14.6. The Morgan fingerprint density at radius 3 is 2.48 bits per heavy atom. The van der Waals surface area contributed by atoms with Crippen LogP contribution < -0.4 is 14.4 Å². The van der Waals surface area contributed by atoms with Crippen LogP contribution in [0.1, 0.15) is 44.7 Å². The molecule has 168 valence electrons. The fraction of sp³-hybridized carbons (Fsp3) is 0.409. The van der Waals surface area contributed by atoms with E-state index in [2.05, 4.69) is 19.2 Å². The van der Waals surface area contributed by atoms with E-state index >= 15 is 0 Å². The van der Waals surface area contributed by atoms with Gasteiger partial charge in [-0.05, 0) is 37.1 Å². The molecule has 0 radical (unpaired) electrons. The van der Waals surface area contributed by atoms with E-state index in [9.17, 15) is 13.2 Å². The van der Waals surface area contributed by atoms with E-state index in [0.29, 0.717) is 11.4 Å². The molecule has 0 aliphatic carbocycles. The number of carbonyl (C=O) groups excluding carboxylic acids is 1. The number of amides is 1. The third-order valence-electron chi connectivity index (χ3n) is 5.69. The Kier molecular flexibility index (Phi) is 7.08. The SMILES string of the molecule is CCC1(CC)C[C@@H](NC(=O)CN(c2ccc(Cl)cc2Cl)S(C)(=O)=O)c2ccccc2O1. The van der Waals surface area contributed by atoms with Crippen molar-refractivity contribution in [1.82, 2.24) is 5.32 Å². The molecule has 0 saturated carbocycles. The van der Waals surface area contributed by atoms with Crippen LogP contribution in [0.2, 0.25) is 10.0 Å². The van der Waals surface area contributed by atoms with E-state index in [1.807, 2.05) is 24.3 Å². The molecule has 0 unspecified atom stereocenters. The maximum Gasteiger partial charge on any atom is 0.241 e. The summed E-state index contributed by atoms with van der Waals surface area (Å²) >= 11 is 12.1. The highest BCUT2D eigenvalue weighted by molar-refractivity contribution is 7.92. The molecule has 2 aromatic rings. The van der Waals surface area contributed by atoms with Crippen molar-refractivity contribution in [2.75, 3.05) is 17.1 Å². The second-order valence-corrected chi connectivity index (χ2v) is 10.5. The lowest BCUT2D eigenvalue weighted by Gasteiger charge is -2.41. The molecule has 0 fully saturated rings. The monoisotopic (exact) mass is 484 g/mol. The van der Waals surface area contributed by atoms with Gasteiger partial charge in [0.15, 0.2) is 0 Å². The van der Waals surface area contributed by atoms with E-state index in [0.717, 1.165) is 34.7 Å². The third kappa shape index (κ3) is 5.27. The van der Waals surface area contributed by atoms with E-state index < -0.39 is 22.5 Å². The first-order valence-corrected chi connectivity index (χ1v) is 12.7. The predicted molar refractivity (Wildman–Crippen MR) is 125 cm³/mol. The lowest BCUT2D eigenvalue weighted by Crippen LogP contribution is -2.47. The summed E-state index contributed by atoms with van der Waals surface area (Å²) < 4.78 is 32.1. The molecule has 0 bridgehead atoms. The lowest BCUT2D eigenvalue weighted by atomic mass is 9.83. The van der Waals surface area contributed by atoms with Gasteiger partial charge >= 0.3 is 0 Å². The maximum atomic E-state index is 13.0. The number of benzene rings is 2. The maximum absolute atomic E-state index is 13.0. The van der Waals surface area contributed by atoms with Crippen LogP contribution >= 0.6 is 23.2 Å². The van der Waals surface area contributed by atoms with Crippen molar-refractivity contribution < 1.29 is 17.9 Å². The predicted octanol–water partition coefficient (Wildman–Crippen LogP) is 4.96. The quantitative estimate of drug-likeness (QED) is 0.602. The number of ether oxygens (including phenoxy) is 1.